The van der Waals surface area contributed by atoms with Gasteiger partial charge in [-0.05, 0) is 33.1 Å². The average Bonchev–Trinajstić information content (AvgIpc) is 2.61. The molecule has 26 heavy (non-hydrogen) atoms. The van der Waals surface area contributed by atoms with Gasteiger partial charge < -0.3 is 15.0 Å². The molecule has 0 aliphatic heterocycles. The van der Waals surface area contributed by atoms with E-state index in [1.807, 2.05) is 20.8 Å². The van der Waals surface area contributed by atoms with Crippen molar-refractivity contribution in [2.45, 2.75) is 84.3 Å². The second kappa shape index (κ2) is 7.51. The third-order valence-corrected chi connectivity index (χ3v) is 6.14. The lowest BCUT2D eigenvalue weighted by Gasteiger charge is -2.57. The Labute approximate surface area is 155 Å². The maximum atomic E-state index is 12.8. The van der Waals surface area contributed by atoms with Gasteiger partial charge in [0.1, 0.15) is 11.4 Å². The number of carbonyl (C=O) groups is 1. The molecule has 0 aromatic carbocycles. The second-order valence-corrected chi connectivity index (χ2v) is 8.07. The first-order chi connectivity index (χ1) is 12.4. The number of rotatable bonds is 5. The van der Waals surface area contributed by atoms with E-state index < -0.39 is 0 Å². The highest BCUT2D eigenvalue weighted by molar-refractivity contribution is 5.95. The molecule has 2 aliphatic carbocycles. The molecule has 2 atom stereocenters. The Morgan fingerprint density at radius 2 is 2.04 bits per heavy atom. The first-order valence-corrected chi connectivity index (χ1v) is 9.92. The highest BCUT2D eigenvalue weighted by Gasteiger charge is 2.56. The Kier molecular flexibility index (Phi) is 5.51. The summed E-state index contributed by atoms with van der Waals surface area (Å²) in [7, 11) is 0. The molecule has 0 radical (unpaired) electrons. The zero-order valence-electron chi connectivity index (χ0n) is 16.4. The van der Waals surface area contributed by atoms with E-state index >= 15 is 0 Å². The Morgan fingerprint density at radius 1 is 1.35 bits per heavy atom. The molecule has 2 fully saturated rings. The van der Waals surface area contributed by atoms with Gasteiger partial charge in [0.15, 0.2) is 0 Å². The number of aromatic amines is 1. The lowest BCUT2D eigenvalue weighted by atomic mass is 9.55. The zero-order chi connectivity index (χ0) is 18.9. The third-order valence-electron chi connectivity index (χ3n) is 6.14. The molecule has 144 valence electrons. The molecule has 1 spiro atoms. The standard InChI is InChI=1S/C20H31N3O3/c1-5-26-15-11-14(20(15)9-7-6-8-10-20)22-18(24)16-13(4)21-17(12(2)3)23-19(16)25/h12,14-15H,5-11H2,1-4H3,(H,22,24)(H,21,23,25)/t14-,15+/m1/s1. The summed E-state index contributed by atoms with van der Waals surface area (Å²) in [5, 5.41) is 3.13. The summed E-state index contributed by atoms with van der Waals surface area (Å²) in [6.45, 7) is 8.38. The Balaban J connectivity index is 1.79. The number of hydrogen-bond acceptors (Lipinski definition) is 4. The van der Waals surface area contributed by atoms with E-state index in [4.69, 9.17) is 4.74 Å². The molecule has 2 aliphatic rings. The van der Waals surface area contributed by atoms with Crippen molar-refractivity contribution in [3.8, 4) is 0 Å². The van der Waals surface area contributed by atoms with Crippen LogP contribution in [-0.2, 0) is 4.74 Å². The van der Waals surface area contributed by atoms with Crippen LogP contribution in [0.4, 0.5) is 0 Å². The molecular formula is C20H31N3O3. The fourth-order valence-corrected chi connectivity index (χ4v) is 4.64. The minimum Gasteiger partial charge on any atom is -0.378 e. The maximum Gasteiger partial charge on any atom is 0.264 e. The van der Waals surface area contributed by atoms with Crippen LogP contribution in [0.3, 0.4) is 0 Å². The van der Waals surface area contributed by atoms with Crippen molar-refractivity contribution < 1.29 is 9.53 Å². The number of carbonyl (C=O) groups excluding carboxylic acids is 1. The van der Waals surface area contributed by atoms with Crippen LogP contribution in [0, 0.1) is 12.3 Å². The summed E-state index contributed by atoms with van der Waals surface area (Å²) in [6, 6.07) is 0.0791. The third kappa shape index (κ3) is 3.31. The highest BCUT2D eigenvalue weighted by Crippen LogP contribution is 2.53. The largest absolute Gasteiger partial charge is 0.378 e. The molecule has 1 amide bonds. The summed E-state index contributed by atoms with van der Waals surface area (Å²) >= 11 is 0. The zero-order valence-corrected chi connectivity index (χ0v) is 16.4. The highest BCUT2D eigenvalue weighted by atomic mass is 16.5. The van der Waals surface area contributed by atoms with Crippen molar-refractivity contribution in [3.63, 3.8) is 0 Å². The number of nitrogens with zero attached hydrogens (tertiary/aromatic N) is 1. The van der Waals surface area contributed by atoms with Crippen LogP contribution in [0.25, 0.3) is 0 Å². The van der Waals surface area contributed by atoms with Gasteiger partial charge in [-0.2, -0.15) is 0 Å². The molecule has 1 aromatic heterocycles. The Bertz CT molecular complexity index is 720. The van der Waals surface area contributed by atoms with E-state index in [-0.39, 0.29) is 40.5 Å². The summed E-state index contributed by atoms with van der Waals surface area (Å²) in [6.07, 6.45) is 6.83. The molecule has 1 heterocycles. The van der Waals surface area contributed by atoms with Crippen molar-refractivity contribution in [2.24, 2.45) is 5.41 Å². The van der Waals surface area contributed by atoms with Gasteiger partial charge in [0.05, 0.1) is 11.8 Å². The van der Waals surface area contributed by atoms with E-state index in [1.165, 1.54) is 19.3 Å². The topological polar surface area (TPSA) is 84.1 Å². The van der Waals surface area contributed by atoms with E-state index in [9.17, 15) is 9.59 Å². The van der Waals surface area contributed by atoms with Crippen LogP contribution >= 0.6 is 0 Å². The van der Waals surface area contributed by atoms with Gasteiger partial charge in [-0.25, -0.2) is 4.98 Å². The molecule has 0 unspecified atom stereocenters. The lowest BCUT2D eigenvalue weighted by Crippen LogP contribution is -2.65. The van der Waals surface area contributed by atoms with Crippen molar-refractivity contribution >= 4 is 5.91 Å². The molecular weight excluding hydrogens is 330 g/mol. The number of aryl methyl sites for hydroxylation is 1. The lowest BCUT2D eigenvalue weighted by molar-refractivity contribution is -0.146. The van der Waals surface area contributed by atoms with Crippen molar-refractivity contribution in [1.82, 2.24) is 15.3 Å². The summed E-state index contributed by atoms with van der Waals surface area (Å²) < 4.78 is 5.95. The minimum atomic E-state index is -0.350. The van der Waals surface area contributed by atoms with Crippen LogP contribution in [0.5, 0.6) is 0 Å². The first kappa shape index (κ1) is 19.1. The van der Waals surface area contributed by atoms with Gasteiger partial charge in [0, 0.05) is 24.0 Å². The average molecular weight is 361 g/mol. The summed E-state index contributed by atoms with van der Waals surface area (Å²) in [5.41, 5.74) is 0.321. The van der Waals surface area contributed by atoms with Crippen molar-refractivity contribution in [1.29, 1.82) is 0 Å². The van der Waals surface area contributed by atoms with E-state index in [0.717, 1.165) is 19.3 Å². The van der Waals surface area contributed by atoms with Gasteiger partial charge in [0.2, 0.25) is 0 Å². The van der Waals surface area contributed by atoms with Gasteiger partial charge in [-0.15, -0.1) is 0 Å². The normalized spacial score (nSPS) is 24.5. The number of ether oxygens (including phenoxy) is 1. The van der Waals surface area contributed by atoms with Gasteiger partial charge in [-0.1, -0.05) is 33.1 Å². The van der Waals surface area contributed by atoms with Gasteiger partial charge >= 0.3 is 0 Å². The number of hydrogen-bond donors (Lipinski definition) is 2. The van der Waals surface area contributed by atoms with E-state index in [0.29, 0.717) is 18.1 Å². The molecule has 0 bridgehead atoms. The second-order valence-electron chi connectivity index (χ2n) is 8.07. The monoisotopic (exact) mass is 361 g/mol. The molecule has 6 heteroatoms. The van der Waals surface area contributed by atoms with E-state index in [2.05, 4.69) is 15.3 Å². The molecule has 6 nitrogen and oxygen atoms in total. The number of nitrogens with one attached hydrogen (secondary N) is 2. The number of aromatic nitrogens is 2. The van der Waals surface area contributed by atoms with E-state index in [1.54, 1.807) is 6.92 Å². The van der Waals surface area contributed by atoms with Crippen LogP contribution in [-0.4, -0.2) is 34.6 Å². The molecule has 2 N–H and O–H groups in total. The summed E-state index contributed by atoms with van der Waals surface area (Å²) in [5.74, 6) is 0.423. The predicted octanol–water partition coefficient (Wildman–Crippen LogP) is 3.06. The first-order valence-electron chi connectivity index (χ1n) is 9.92. The fraction of sp³-hybridized carbons (Fsp3) is 0.750. The summed E-state index contributed by atoms with van der Waals surface area (Å²) in [4.78, 5) is 32.5. The smallest absolute Gasteiger partial charge is 0.264 e. The molecule has 2 saturated carbocycles. The number of H-pyrrole nitrogens is 1. The van der Waals surface area contributed by atoms with Crippen LogP contribution in [0.1, 0.15) is 87.1 Å². The Hall–Kier alpha value is -1.69. The number of amides is 1. The van der Waals surface area contributed by atoms with Crippen LogP contribution in [0.15, 0.2) is 4.79 Å². The molecule has 1 aromatic rings. The van der Waals surface area contributed by atoms with Gasteiger partial charge in [-0.3, -0.25) is 9.59 Å². The quantitative estimate of drug-likeness (QED) is 0.844. The SMILES string of the molecule is CCO[C@H]1C[C@@H](NC(=O)c2c(C)nc(C(C)C)[nH]c2=O)C12CCCCC2. The van der Waals surface area contributed by atoms with Crippen LogP contribution < -0.4 is 10.9 Å². The predicted molar refractivity (Wildman–Crippen MR) is 100 cm³/mol. The maximum absolute atomic E-state index is 12.8. The van der Waals surface area contributed by atoms with Gasteiger partial charge in [0.25, 0.3) is 11.5 Å². The van der Waals surface area contributed by atoms with Crippen molar-refractivity contribution in [3.05, 3.63) is 27.4 Å². The Morgan fingerprint density at radius 3 is 2.62 bits per heavy atom. The molecule has 3 rings (SSSR count). The molecule has 0 saturated heterocycles. The van der Waals surface area contributed by atoms with Crippen LogP contribution in [0.2, 0.25) is 0 Å². The fourth-order valence-electron chi connectivity index (χ4n) is 4.64. The van der Waals surface area contributed by atoms with Crippen molar-refractivity contribution in [2.75, 3.05) is 6.61 Å². The minimum absolute atomic E-state index is 0.0376.